The van der Waals surface area contributed by atoms with Crippen LogP contribution in [0.3, 0.4) is 0 Å². The minimum atomic E-state index is -0.538. The van der Waals surface area contributed by atoms with Crippen molar-refractivity contribution < 1.29 is 0 Å². The summed E-state index contributed by atoms with van der Waals surface area (Å²) >= 11 is 1.91. The minimum Gasteiger partial charge on any atom is -0.280 e. The first kappa shape index (κ1) is 43.4. The van der Waals surface area contributed by atoms with E-state index < -0.39 is 5.41 Å². The fourth-order valence-corrected chi connectivity index (χ4v) is 12.7. The van der Waals surface area contributed by atoms with Crippen LogP contribution < -0.4 is 0 Å². The Morgan fingerprint density at radius 1 is 0.485 bits per heavy atom. The molecule has 0 saturated carbocycles. The molecule has 68 heavy (non-hydrogen) atoms. The van der Waals surface area contributed by atoms with Gasteiger partial charge in [0.05, 0.1) is 11.5 Å². The van der Waals surface area contributed by atoms with Gasteiger partial charge in [-0.1, -0.05) is 246 Å². The van der Waals surface area contributed by atoms with Gasteiger partial charge in [0.25, 0.3) is 0 Å². The molecule has 1 nitrogen and oxygen atoms in total. The predicted octanol–water partition coefficient (Wildman–Crippen LogP) is 18.2. The lowest BCUT2D eigenvalue weighted by atomic mass is 9.67. The Hall–Kier alpha value is -7.13. The first-order valence-corrected chi connectivity index (χ1v) is 25.4. The average Bonchev–Trinajstić information content (AvgIpc) is 3.94. The van der Waals surface area contributed by atoms with Crippen LogP contribution in [0.25, 0.3) is 53.6 Å². The molecule has 0 spiro atoms. The Labute approximate surface area is 406 Å². The lowest BCUT2D eigenvalue weighted by molar-refractivity contribution is 0.453. The second-order valence-electron chi connectivity index (χ2n) is 18.8. The molecule has 332 valence electrons. The quantitative estimate of drug-likeness (QED) is 0.102. The number of aliphatic imine (C=N–C) groups is 1. The molecule has 10 aromatic rings. The van der Waals surface area contributed by atoms with Crippen molar-refractivity contribution in [2.24, 2.45) is 16.8 Å². The Morgan fingerprint density at radius 2 is 1.06 bits per heavy atom. The highest BCUT2D eigenvalue weighted by Crippen LogP contribution is 2.58. The van der Waals surface area contributed by atoms with Gasteiger partial charge >= 0.3 is 0 Å². The smallest absolute Gasteiger partial charge is 0.0784 e. The highest BCUT2D eigenvalue weighted by Gasteiger charge is 2.47. The van der Waals surface area contributed by atoms with Crippen LogP contribution in [0, 0.1) is 11.8 Å². The number of benzene rings is 9. The fourth-order valence-electron chi connectivity index (χ4n) is 11.4. The highest BCUT2D eigenvalue weighted by molar-refractivity contribution is 7.26. The van der Waals surface area contributed by atoms with Gasteiger partial charge in [-0.25, -0.2) is 0 Å². The van der Waals surface area contributed by atoms with E-state index in [2.05, 4.69) is 252 Å². The molecule has 1 aliphatic carbocycles. The fraction of sp³-hybridized carbons (Fsp3) is 0.167. The first-order valence-electron chi connectivity index (χ1n) is 24.6. The van der Waals surface area contributed by atoms with E-state index in [1.807, 2.05) is 11.3 Å². The monoisotopic (exact) mass is 895 g/mol. The number of hydrogen-bond donors (Lipinski definition) is 0. The molecule has 1 aromatic heterocycles. The summed E-state index contributed by atoms with van der Waals surface area (Å²) in [7, 11) is 0. The summed E-state index contributed by atoms with van der Waals surface area (Å²) in [5, 5.41) is 2.62. The van der Waals surface area contributed by atoms with Crippen molar-refractivity contribution in [2.75, 3.05) is 0 Å². The second kappa shape index (κ2) is 18.5. The van der Waals surface area contributed by atoms with Gasteiger partial charge in [0, 0.05) is 31.8 Å². The molecule has 9 aromatic carbocycles. The Balaban J connectivity index is 1.19. The average molecular weight is 896 g/mol. The minimum absolute atomic E-state index is 0.144. The normalized spacial score (nSPS) is 14.9. The number of rotatable bonds is 13. The highest BCUT2D eigenvalue weighted by atomic mass is 32.1. The number of thiophene rings is 1. The van der Waals surface area contributed by atoms with Crippen molar-refractivity contribution in [3.8, 4) is 33.4 Å². The van der Waals surface area contributed by atoms with E-state index >= 15 is 0 Å². The zero-order chi connectivity index (χ0) is 46.2. The van der Waals surface area contributed by atoms with Gasteiger partial charge in [-0.05, 0) is 103 Å². The maximum atomic E-state index is 6.27. The van der Waals surface area contributed by atoms with E-state index in [9.17, 15) is 0 Å². The van der Waals surface area contributed by atoms with Crippen molar-refractivity contribution in [1.29, 1.82) is 0 Å². The van der Waals surface area contributed by atoms with E-state index in [0.717, 1.165) is 12.8 Å². The summed E-state index contributed by atoms with van der Waals surface area (Å²) in [5.41, 5.74) is 17.3. The summed E-state index contributed by atoms with van der Waals surface area (Å²) < 4.78 is 2.64. The van der Waals surface area contributed by atoms with E-state index in [4.69, 9.17) is 4.99 Å². The van der Waals surface area contributed by atoms with E-state index in [1.54, 1.807) is 0 Å². The topological polar surface area (TPSA) is 12.4 Å². The van der Waals surface area contributed by atoms with Crippen LogP contribution in [0.1, 0.15) is 91.4 Å². The standard InChI is InChI=1S/C66H57NS/c1-5-44(3)63(67-64(49-26-13-8-14-27-49)52(6-2)45(4)46-38-40-48(41-39-46)47-24-11-7-12-25-47)59-43-61-58(42-57(59)56-35-23-34-55-54-33-20-22-37-62(54)68-65(55)56)53-32-19-21-36-60(53)66(61,50-28-15-9-16-29-50)51-30-17-10-18-31-51/h7-45,52,63H,5-6H2,1-4H3. The first-order chi connectivity index (χ1) is 33.5. The molecule has 0 saturated heterocycles. The molecule has 1 heterocycles. The third-order valence-electron chi connectivity index (χ3n) is 15.1. The van der Waals surface area contributed by atoms with Crippen LogP contribution in [0.5, 0.6) is 0 Å². The summed E-state index contributed by atoms with van der Waals surface area (Å²) in [6.07, 6.45) is 1.94. The van der Waals surface area contributed by atoms with E-state index in [0.29, 0.717) is 0 Å². The van der Waals surface area contributed by atoms with Crippen molar-refractivity contribution in [3.05, 3.63) is 263 Å². The van der Waals surface area contributed by atoms with Gasteiger partial charge in [0.1, 0.15) is 0 Å². The molecular formula is C66H57NS. The molecule has 0 N–H and O–H groups in total. The van der Waals surface area contributed by atoms with Gasteiger partial charge in [0.2, 0.25) is 0 Å². The summed E-state index contributed by atoms with van der Waals surface area (Å²) in [6.45, 7) is 9.54. The molecule has 4 unspecified atom stereocenters. The maximum Gasteiger partial charge on any atom is 0.0784 e. The molecule has 0 amide bonds. The second-order valence-corrected chi connectivity index (χ2v) is 19.8. The van der Waals surface area contributed by atoms with E-state index in [-0.39, 0.29) is 23.8 Å². The van der Waals surface area contributed by atoms with Crippen molar-refractivity contribution in [1.82, 2.24) is 0 Å². The Morgan fingerprint density at radius 3 is 1.74 bits per heavy atom. The van der Waals surface area contributed by atoms with Gasteiger partial charge in [0.15, 0.2) is 0 Å². The number of hydrogen-bond acceptors (Lipinski definition) is 2. The van der Waals surface area contributed by atoms with Crippen LogP contribution in [-0.2, 0) is 5.41 Å². The van der Waals surface area contributed by atoms with Gasteiger partial charge < -0.3 is 0 Å². The van der Waals surface area contributed by atoms with Crippen molar-refractivity contribution in [3.63, 3.8) is 0 Å². The molecule has 0 aliphatic heterocycles. The number of nitrogens with zero attached hydrogens (tertiary/aromatic N) is 1. The van der Waals surface area contributed by atoms with Crippen molar-refractivity contribution in [2.45, 2.75) is 57.9 Å². The lowest BCUT2D eigenvalue weighted by Gasteiger charge is -2.35. The van der Waals surface area contributed by atoms with Crippen LogP contribution >= 0.6 is 11.3 Å². The SMILES string of the molecule is CCC(C)C(N=C(c1ccccc1)C(CC)C(C)c1ccc(-c2ccccc2)cc1)c1cc2c(cc1-c1cccc3c1sc1ccccc13)-c1ccccc1C2(c1ccccc1)c1ccccc1. The third-order valence-corrected chi connectivity index (χ3v) is 16.3. The van der Waals surface area contributed by atoms with Gasteiger partial charge in [-0.2, -0.15) is 0 Å². The predicted molar refractivity (Wildman–Crippen MR) is 291 cm³/mol. The third kappa shape index (κ3) is 7.43. The largest absolute Gasteiger partial charge is 0.280 e. The van der Waals surface area contributed by atoms with Gasteiger partial charge in [-0.15, -0.1) is 11.3 Å². The van der Waals surface area contributed by atoms with Crippen LogP contribution in [0.2, 0.25) is 0 Å². The molecule has 1 aliphatic rings. The van der Waals surface area contributed by atoms with Crippen LogP contribution in [0.4, 0.5) is 0 Å². The summed E-state index contributed by atoms with van der Waals surface area (Å²) in [6, 6.07) is 83.6. The summed E-state index contributed by atoms with van der Waals surface area (Å²) in [4.78, 5) is 6.27. The van der Waals surface area contributed by atoms with Crippen molar-refractivity contribution >= 4 is 37.2 Å². The Kier molecular flexibility index (Phi) is 11.8. The molecule has 0 radical (unpaired) electrons. The molecule has 11 rings (SSSR count). The zero-order valence-electron chi connectivity index (χ0n) is 39.4. The zero-order valence-corrected chi connectivity index (χ0v) is 40.3. The number of fused-ring (bicyclic) bond motifs is 6. The lowest BCUT2D eigenvalue weighted by Crippen LogP contribution is -2.29. The molecule has 2 heteroatoms. The van der Waals surface area contributed by atoms with E-state index in [1.165, 1.54) is 98.2 Å². The summed E-state index contributed by atoms with van der Waals surface area (Å²) in [5.74, 6) is 0.635. The molecule has 0 fully saturated rings. The van der Waals surface area contributed by atoms with Crippen LogP contribution in [0.15, 0.2) is 229 Å². The maximum absolute atomic E-state index is 6.27. The molecule has 0 bridgehead atoms. The van der Waals surface area contributed by atoms with Gasteiger partial charge in [-0.3, -0.25) is 4.99 Å². The molecule has 4 atom stereocenters. The Bertz CT molecular complexity index is 3350. The molecular weight excluding hydrogens is 839 g/mol. The van der Waals surface area contributed by atoms with Crippen LogP contribution in [-0.4, -0.2) is 5.71 Å².